The van der Waals surface area contributed by atoms with Gasteiger partial charge in [0.1, 0.15) is 19.8 Å². The van der Waals surface area contributed by atoms with Crippen molar-refractivity contribution in [3.63, 3.8) is 0 Å². The second-order valence-electron chi connectivity index (χ2n) is 6.29. The van der Waals surface area contributed by atoms with Crippen LogP contribution >= 0.6 is 0 Å². The molecule has 0 radical (unpaired) electrons. The molecular formula is C20H19NO7. The molecule has 8 nitrogen and oxygen atoms in total. The third-order valence-corrected chi connectivity index (χ3v) is 4.24. The fourth-order valence-corrected chi connectivity index (χ4v) is 2.80. The number of para-hydroxylation sites is 2. The fraction of sp³-hybridized carbons (Fsp3) is 0.300. The van der Waals surface area contributed by atoms with Gasteiger partial charge in [0.05, 0.1) is 0 Å². The van der Waals surface area contributed by atoms with Gasteiger partial charge in [0.15, 0.2) is 29.1 Å². The van der Waals surface area contributed by atoms with Crippen LogP contribution in [0.15, 0.2) is 42.5 Å². The molecule has 4 rings (SSSR count). The number of carbonyl (C=O) groups is 2. The Kier molecular flexibility index (Phi) is 4.92. The van der Waals surface area contributed by atoms with Crippen molar-refractivity contribution in [3.8, 4) is 23.0 Å². The summed E-state index contributed by atoms with van der Waals surface area (Å²) in [6.07, 6.45) is -1.94. The molecule has 2 aromatic rings. The molecule has 146 valence electrons. The van der Waals surface area contributed by atoms with E-state index < -0.39 is 24.1 Å². The number of ether oxygens (including phenoxy) is 5. The lowest BCUT2D eigenvalue weighted by molar-refractivity contribution is -0.162. The van der Waals surface area contributed by atoms with E-state index >= 15 is 0 Å². The standard InChI is InChI=1S/C20H19NO7/c1-12(19(22)21-13-6-7-15-17(10-13)25-9-8-24-15)27-20(23)18-11-26-14-4-2-3-5-16(14)28-18/h2-7,10,12,18H,8-9,11H2,1H3,(H,21,22)/t12-,18-/m0/s1. The van der Waals surface area contributed by atoms with Crippen LogP contribution in [0.2, 0.25) is 0 Å². The van der Waals surface area contributed by atoms with E-state index in [4.69, 9.17) is 23.7 Å². The predicted octanol–water partition coefficient (Wildman–Crippen LogP) is 2.17. The van der Waals surface area contributed by atoms with Gasteiger partial charge in [-0.05, 0) is 31.2 Å². The molecular weight excluding hydrogens is 366 g/mol. The van der Waals surface area contributed by atoms with Gasteiger partial charge in [0.2, 0.25) is 6.10 Å². The maximum absolute atomic E-state index is 12.4. The number of hydrogen-bond acceptors (Lipinski definition) is 7. The zero-order valence-corrected chi connectivity index (χ0v) is 15.2. The monoisotopic (exact) mass is 385 g/mol. The van der Waals surface area contributed by atoms with E-state index in [2.05, 4.69) is 5.32 Å². The van der Waals surface area contributed by atoms with Crippen LogP contribution in [0.25, 0.3) is 0 Å². The maximum atomic E-state index is 12.4. The van der Waals surface area contributed by atoms with E-state index in [9.17, 15) is 9.59 Å². The molecule has 2 heterocycles. The molecule has 0 bridgehead atoms. The summed E-state index contributed by atoms with van der Waals surface area (Å²) in [7, 11) is 0. The number of rotatable bonds is 4. The highest BCUT2D eigenvalue weighted by Crippen LogP contribution is 2.33. The number of benzene rings is 2. The van der Waals surface area contributed by atoms with Crippen LogP contribution in [0.3, 0.4) is 0 Å². The summed E-state index contributed by atoms with van der Waals surface area (Å²) in [5, 5.41) is 2.69. The van der Waals surface area contributed by atoms with E-state index in [1.165, 1.54) is 6.92 Å². The van der Waals surface area contributed by atoms with Crippen LogP contribution in [0.1, 0.15) is 6.92 Å². The van der Waals surface area contributed by atoms with Crippen molar-refractivity contribution in [1.29, 1.82) is 0 Å². The second-order valence-corrected chi connectivity index (χ2v) is 6.29. The van der Waals surface area contributed by atoms with Gasteiger partial charge >= 0.3 is 5.97 Å². The number of esters is 1. The molecule has 0 fully saturated rings. The van der Waals surface area contributed by atoms with Gasteiger partial charge in [0, 0.05) is 11.8 Å². The van der Waals surface area contributed by atoms with Crippen LogP contribution in [-0.4, -0.2) is 43.9 Å². The Labute approximate surface area is 161 Å². The Hall–Kier alpha value is -3.42. The van der Waals surface area contributed by atoms with Crippen LogP contribution in [0.5, 0.6) is 23.0 Å². The normalized spacial score (nSPS) is 18.0. The Morgan fingerprint density at radius 2 is 1.71 bits per heavy atom. The summed E-state index contributed by atoms with van der Waals surface area (Å²) in [5.74, 6) is 1.07. The molecule has 0 aliphatic carbocycles. The molecule has 0 saturated heterocycles. The number of amides is 1. The van der Waals surface area contributed by atoms with Crippen molar-refractivity contribution in [1.82, 2.24) is 0 Å². The van der Waals surface area contributed by atoms with Crippen LogP contribution in [-0.2, 0) is 14.3 Å². The number of hydrogen-bond donors (Lipinski definition) is 1. The average molecular weight is 385 g/mol. The van der Waals surface area contributed by atoms with Crippen molar-refractivity contribution in [2.75, 3.05) is 25.1 Å². The van der Waals surface area contributed by atoms with Crippen molar-refractivity contribution in [2.24, 2.45) is 0 Å². The van der Waals surface area contributed by atoms with Crippen molar-refractivity contribution < 1.29 is 33.3 Å². The first-order chi connectivity index (χ1) is 13.6. The molecule has 2 aromatic carbocycles. The number of carbonyl (C=O) groups excluding carboxylic acids is 2. The Balaban J connectivity index is 1.34. The quantitative estimate of drug-likeness (QED) is 0.807. The Morgan fingerprint density at radius 3 is 2.54 bits per heavy atom. The molecule has 0 unspecified atom stereocenters. The lowest BCUT2D eigenvalue weighted by atomic mass is 10.2. The third-order valence-electron chi connectivity index (χ3n) is 4.24. The van der Waals surface area contributed by atoms with Crippen LogP contribution in [0, 0.1) is 0 Å². The van der Waals surface area contributed by atoms with E-state index in [1.54, 1.807) is 36.4 Å². The van der Waals surface area contributed by atoms with Crippen molar-refractivity contribution >= 4 is 17.6 Å². The van der Waals surface area contributed by atoms with E-state index in [0.717, 1.165) is 0 Å². The first kappa shape index (κ1) is 18.0. The van der Waals surface area contributed by atoms with Crippen molar-refractivity contribution in [3.05, 3.63) is 42.5 Å². The smallest absolute Gasteiger partial charge is 0.351 e. The summed E-state index contributed by atoms with van der Waals surface area (Å²) in [6.45, 7) is 2.45. The Bertz CT molecular complexity index is 898. The summed E-state index contributed by atoms with van der Waals surface area (Å²) >= 11 is 0. The summed E-state index contributed by atoms with van der Waals surface area (Å²) in [6, 6.07) is 12.1. The number of fused-ring (bicyclic) bond motifs is 2. The minimum absolute atomic E-state index is 0.0202. The summed E-state index contributed by atoms with van der Waals surface area (Å²) in [4.78, 5) is 24.7. The minimum Gasteiger partial charge on any atom is -0.486 e. The topological polar surface area (TPSA) is 92.3 Å². The first-order valence-electron chi connectivity index (χ1n) is 8.89. The molecule has 1 amide bonds. The van der Waals surface area contributed by atoms with Crippen LogP contribution in [0.4, 0.5) is 5.69 Å². The zero-order valence-electron chi connectivity index (χ0n) is 15.2. The van der Waals surface area contributed by atoms with Crippen LogP contribution < -0.4 is 24.3 Å². The molecule has 2 atom stereocenters. The predicted molar refractivity (Wildman–Crippen MR) is 98.0 cm³/mol. The molecule has 0 spiro atoms. The fourth-order valence-electron chi connectivity index (χ4n) is 2.80. The minimum atomic E-state index is -1.01. The SMILES string of the molecule is C[C@H](OC(=O)[C@@H]1COc2ccccc2O1)C(=O)Nc1ccc2c(c1)OCCO2. The lowest BCUT2D eigenvalue weighted by Crippen LogP contribution is -2.41. The first-order valence-corrected chi connectivity index (χ1v) is 8.89. The molecule has 1 N–H and O–H groups in total. The van der Waals surface area contributed by atoms with E-state index in [0.29, 0.717) is 41.9 Å². The highest BCUT2D eigenvalue weighted by atomic mass is 16.6. The summed E-state index contributed by atoms with van der Waals surface area (Å²) in [5.41, 5.74) is 0.517. The average Bonchev–Trinajstić information content (AvgIpc) is 2.73. The Morgan fingerprint density at radius 1 is 1.00 bits per heavy atom. The van der Waals surface area contributed by atoms with E-state index in [1.807, 2.05) is 6.07 Å². The van der Waals surface area contributed by atoms with E-state index in [-0.39, 0.29) is 6.61 Å². The van der Waals surface area contributed by atoms with Gasteiger partial charge in [-0.2, -0.15) is 0 Å². The lowest BCUT2D eigenvalue weighted by Gasteiger charge is -2.26. The second kappa shape index (κ2) is 7.67. The third kappa shape index (κ3) is 3.80. The van der Waals surface area contributed by atoms with Gasteiger partial charge < -0.3 is 29.0 Å². The highest BCUT2D eigenvalue weighted by molar-refractivity contribution is 5.95. The largest absolute Gasteiger partial charge is 0.486 e. The number of anilines is 1. The molecule has 28 heavy (non-hydrogen) atoms. The molecule has 0 saturated carbocycles. The molecule has 2 aliphatic heterocycles. The summed E-state index contributed by atoms with van der Waals surface area (Å²) < 4.78 is 27.3. The van der Waals surface area contributed by atoms with Gasteiger partial charge in [0.25, 0.3) is 5.91 Å². The van der Waals surface area contributed by atoms with Gasteiger partial charge in [-0.15, -0.1) is 0 Å². The highest BCUT2D eigenvalue weighted by Gasteiger charge is 2.31. The maximum Gasteiger partial charge on any atom is 0.351 e. The number of nitrogens with one attached hydrogen (secondary N) is 1. The van der Waals surface area contributed by atoms with Gasteiger partial charge in [-0.1, -0.05) is 12.1 Å². The molecule has 8 heteroatoms. The molecule has 2 aliphatic rings. The van der Waals surface area contributed by atoms with Gasteiger partial charge in [-0.3, -0.25) is 4.79 Å². The van der Waals surface area contributed by atoms with Gasteiger partial charge in [-0.25, -0.2) is 4.79 Å². The molecule has 0 aromatic heterocycles. The zero-order chi connectivity index (χ0) is 19.5. The van der Waals surface area contributed by atoms with Crippen molar-refractivity contribution in [2.45, 2.75) is 19.1 Å².